The van der Waals surface area contributed by atoms with E-state index < -0.39 is 48.4 Å². The molecule has 5 aromatic rings. The van der Waals surface area contributed by atoms with E-state index in [0.29, 0.717) is 70.2 Å². The Morgan fingerprint density at radius 2 is 1.81 bits per heavy atom. The molecule has 2 aliphatic rings. The molecular weight excluding hydrogens is 888 g/mol. The van der Waals surface area contributed by atoms with Crippen molar-refractivity contribution in [3.05, 3.63) is 76.4 Å². The van der Waals surface area contributed by atoms with Crippen LogP contribution in [0.25, 0.3) is 22.5 Å². The van der Waals surface area contributed by atoms with Crippen LogP contribution in [-0.2, 0) is 32.6 Å². The number of nitrogens with two attached hydrogens (primary N) is 1. The summed E-state index contributed by atoms with van der Waals surface area (Å²) in [5.74, 6) is -3.58. The lowest BCUT2D eigenvalue weighted by atomic mass is 9.85. The average Bonchev–Trinajstić information content (AvgIpc) is 4.02. The van der Waals surface area contributed by atoms with Crippen molar-refractivity contribution in [3.63, 3.8) is 0 Å². The number of amides is 6. The average molecular weight is 936 g/mol. The number of carboxylic acid groups (broad SMARTS) is 1. The maximum absolute atomic E-state index is 13.4. The van der Waals surface area contributed by atoms with Crippen molar-refractivity contribution in [2.75, 3.05) is 43.6 Å². The number of aromatic nitrogens is 6. The largest absolute Gasteiger partial charge is 0.465 e. The van der Waals surface area contributed by atoms with E-state index in [9.17, 15) is 51.8 Å². The second kappa shape index (κ2) is 20.0. The fraction of sp³-hybridized carbons (Fsp3) is 0.442. The van der Waals surface area contributed by atoms with E-state index in [0.717, 1.165) is 29.6 Å². The lowest BCUT2D eigenvalue weighted by Gasteiger charge is -2.30. The van der Waals surface area contributed by atoms with Gasteiger partial charge in [0.1, 0.15) is 24.7 Å². The summed E-state index contributed by atoms with van der Waals surface area (Å²) < 4.78 is 54.8. The van der Waals surface area contributed by atoms with Gasteiger partial charge in [0.25, 0.3) is 11.8 Å². The molecule has 1 saturated heterocycles. The second-order valence-electron chi connectivity index (χ2n) is 16.4. The Kier molecular flexibility index (Phi) is 14.2. The Labute approximate surface area is 379 Å². The monoisotopic (exact) mass is 935 g/mol. The zero-order valence-corrected chi connectivity index (χ0v) is 36.5. The quantitative estimate of drug-likeness (QED) is 0.0753. The highest BCUT2D eigenvalue weighted by molar-refractivity contribution is 6.07. The first kappa shape index (κ1) is 47.6. The van der Waals surface area contributed by atoms with Gasteiger partial charge in [-0.25, -0.2) is 19.6 Å². The molecule has 0 radical (unpaired) electrons. The molecule has 1 saturated carbocycles. The number of piperidine rings is 1. The number of halogens is 3. The minimum atomic E-state index is -4.84. The molecular formula is C43H48F3N11O10. The number of benzene rings is 1. The minimum Gasteiger partial charge on any atom is -0.465 e. The number of hydrogen-bond acceptors (Lipinski definition) is 12. The molecule has 0 bridgehead atoms. The topological polar surface area (TPSA) is 272 Å². The third-order valence-corrected chi connectivity index (χ3v) is 11.8. The van der Waals surface area contributed by atoms with Crippen molar-refractivity contribution in [3.8, 4) is 11.5 Å². The molecule has 1 aromatic carbocycles. The molecule has 1 aliphatic heterocycles. The Morgan fingerprint density at radius 1 is 1.06 bits per heavy atom. The van der Waals surface area contributed by atoms with Gasteiger partial charge in [0, 0.05) is 64.1 Å². The minimum absolute atomic E-state index is 0.00178. The highest BCUT2D eigenvalue weighted by Crippen LogP contribution is 2.34. The molecule has 7 rings (SSSR count). The molecule has 5 heterocycles. The number of oxazole rings is 1. The second-order valence-corrected chi connectivity index (χ2v) is 16.4. The molecule has 2 fully saturated rings. The van der Waals surface area contributed by atoms with Gasteiger partial charge in [-0.2, -0.15) is 18.3 Å². The summed E-state index contributed by atoms with van der Waals surface area (Å²) in [5, 5.41) is 18.5. The van der Waals surface area contributed by atoms with E-state index in [1.54, 1.807) is 25.1 Å². The van der Waals surface area contributed by atoms with Gasteiger partial charge < -0.3 is 30.2 Å². The SMILES string of the molecule is CN(CCCOCCCc1cccc2c1n(C)c(=O)n2C1CCC(=O)NC1=O)C(=O)C1CCC(n2cc(NC(=O)c3coc(-c4ccnc(N(CC(F)(F)F)C(=O)O)c4)n3)c(C(N)=O)n2)CC1. The number of carbonyl (C=O) groups excluding carboxylic acids is 5. The van der Waals surface area contributed by atoms with E-state index in [1.165, 1.54) is 26.1 Å². The summed E-state index contributed by atoms with van der Waals surface area (Å²) in [4.78, 5) is 97.4. The molecule has 0 spiro atoms. The first-order valence-corrected chi connectivity index (χ1v) is 21.4. The normalized spacial score (nSPS) is 17.6. The smallest absolute Gasteiger partial charge is 0.413 e. The van der Waals surface area contributed by atoms with E-state index in [-0.39, 0.29) is 75.7 Å². The van der Waals surface area contributed by atoms with Gasteiger partial charge in [0.2, 0.25) is 23.6 Å². The molecule has 1 unspecified atom stereocenters. The van der Waals surface area contributed by atoms with Crippen LogP contribution in [0.3, 0.4) is 0 Å². The fourth-order valence-electron chi connectivity index (χ4n) is 8.50. The number of alkyl halides is 3. The lowest BCUT2D eigenvalue weighted by molar-refractivity contribution is -0.136. The highest BCUT2D eigenvalue weighted by Gasteiger charge is 2.36. The zero-order chi connectivity index (χ0) is 48.2. The highest BCUT2D eigenvalue weighted by atomic mass is 19.4. The van der Waals surface area contributed by atoms with Crippen LogP contribution in [0.15, 0.2) is 58.2 Å². The molecule has 24 heteroatoms. The summed E-state index contributed by atoms with van der Waals surface area (Å²) in [5.41, 5.74) is 7.09. The van der Waals surface area contributed by atoms with Crippen molar-refractivity contribution >= 4 is 58.2 Å². The summed E-state index contributed by atoms with van der Waals surface area (Å²) in [6.45, 7) is -0.431. The first-order chi connectivity index (χ1) is 31.9. The van der Waals surface area contributed by atoms with E-state index in [2.05, 4.69) is 25.7 Å². The van der Waals surface area contributed by atoms with E-state index in [1.807, 2.05) is 12.1 Å². The molecule has 1 aliphatic carbocycles. The van der Waals surface area contributed by atoms with Crippen molar-refractivity contribution < 1.29 is 56.2 Å². The number of imide groups is 1. The van der Waals surface area contributed by atoms with Gasteiger partial charge in [-0.15, -0.1) is 0 Å². The number of anilines is 2. The number of hydrogen-bond donors (Lipinski definition) is 4. The van der Waals surface area contributed by atoms with Gasteiger partial charge in [-0.05, 0) is 75.1 Å². The van der Waals surface area contributed by atoms with Gasteiger partial charge in [-0.1, -0.05) is 12.1 Å². The summed E-state index contributed by atoms with van der Waals surface area (Å²) in [6.07, 6.45) is 1.28. The molecule has 1 atom stereocenters. The third-order valence-electron chi connectivity index (χ3n) is 11.8. The summed E-state index contributed by atoms with van der Waals surface area (Å²) >= 11 is 0. The number of rotatable bonds is 17. The molecule has 21 nitrogen and oxygen atoms in total. The van der Waals surface area contributed by atoms with Gasteiger partial charge in [0.15, 0.2) is 11.4 Å². The number of para-hydroxylation sites is 1. The lowest BCUT2D eigenvalue weighted by Crippen LogP contribution is -2.44. The van der Waals surface area contributed by atoms with Crippen molar-refractivity contribution in [2.45, 2.75) is 76.0 Å². The Balaban J connectivity index is 0.858. The molecule has 4 aromatic heterocycles. The standard InChI is InChI=1S/C43H48F3N11O10/c1-53(17-5-19-66-18-4-7-24-6-3-8-30-35(24)54(2)41(63)57(30)31-13-14-33(58)51-38(31)61)40(62)25-9-11-27(12-10-25)56-21-28(34(52-56)36(47)59)49-37(60)29-22-67-39(50-29)26-15-16-48-32(20-26)55(42(64)65)23-43(44,45)46/h3,6,8,15-16,20-22,25,27,31H,4-5,7,9-14,17-19,23H2,1-2H3,(H2,47,59)(H,49,60)(H,64,65)(H,51,58,61). The van der Waals surface area contributed by atoms with Crippen LogP contribution in [0.2, 0.25) is 0 Å². The van der Waals surface area contributed by atoms with E-state index in [4.69, 9.17) is 14.9 Å². The van der Waals surface area contributed by atoms with Crippen molar-refractivity contribution in [1.82, 2.24) is 39.1 Å². The van der Waals surface area contributed by atoms with Crippen LogP contribution in [0.4, 0.5) is 29.5 Å². The van der Waals surface area contributed by atoms with Gasteiger partial charge in [-0.3, -0.25) is 48.0 Å². The molecule has 356 valence electrons. The third kappa shape index (κ3) is 10.9. The number of ether oxygens (including phenoxy) is 1. The number of nitrogens with one attached hydrogen (secondary N) is 2. The van der Waals surface area contributed by atoms with Gasteiger partial charge in [0.05, 0.1) is 22.8 Å². The van der Waals surface area contributed by atoms with Crippen LogP contribution >= 0.6 is 0 Å². The van der Waals surface area contributed by atoms with Crippen LogP contribution in [0.1, 0.15) is 90.0 Å². The van der Waals surface area contributed by atoms with Crippen molar-refractivity contribution in [2.24, 2.45) is 18.7 Å². The fourth-order valence-corrected chi connectivity index (χ4v) is 8.50. The molecule has 67 heavy (non-hydrogen) atoms. The van der Waals surface area contributed by atoms with Gasteiger partial charge >= 0.3 is 18.0 Å². The molecule has 6 amide bonds. The predicted molar refractivity (Wildman–Crippen MR) is 231 cm³/mol. The number of carbonyl (C=O) groups is 6. The van der Waals surface area contributed by atoms with Crippen LogP contribution in [0.5, 0.6) is 0 Å². The Morgan fingerprint density at radius 3 is 2.51 bits per heavy atom. The number of fused-ring (bicyclic) bond motifs is 1. The van der Waals surface area contributed by atoms with Crippen LogP contribution < -0.4 is 27.0 Å². The number of aryl methyl sites for hydroxylation is 2. The Bertz CT molecular complexity index is 2750. The molecule has 5 N–H and O–H groups in total. The number of nitrogens with zero attached hydrogens (tertiary/aromatic N) is 8. The maximum atomic E-state index is 13.4. The summed E-state index contributed by atoms with van der Waals surface area (Å²) in [7, 11) is 3.42. The maximum Gasteiger partial charge on any atom is 0.413 e. The van der Waals surface area contributed by atoms with Crippen molar-refractivity contribution in [1.29, 1.82) is 0 Å². The first-order valence-electron chi connectivity index (χ1n) is 21.4. The van der Waals surface area contributed by atoms with Crippen LogP contribution in [-0.4, -0.2) is 114 Å². The van der Waals surface area contributed by atoms with E-state index >= 15 is 0 Å². The number of imidazole rings is 1. The Hall–Kier alpha value is -7.37. The zero-order valence-electron chi connectivity index (χ0n) is 36.5. The predicted octanol–water partition coefficient (Wildman–Crippen LogP) is 4.19. The number of primary amides is 1. The number of pyridine rings is 1. The van der Waals surface area contributed by atoms with Crippen LogP contribution in [0, 0.1) is 5.92 Å². The summed E-state index contributed by atoms with van der Waals surface area (Å²) in [6, 6.07) is 6.92.